The third-order valence-electron chi connectivity index (χ3n) is 10.8. The van der Waals surface area contributed by atoms with Gasteiger partial charge in [-0.15, -0.1) is 11.3 Å². The van der Waals surface area contributed by atoms with Crippen LogP contribution in [0.5, 0.6) is 5.75 Å². The lowest BCUT2D eigenvalue weighted by Gasteiger charge is -2.47. The van der Waals surface area contributed by atoms with Crippen molar-refractivity contribution in [3.05, 3.63) is 107 Å². The Morgan fingerprint density at radius 3 is 2.46 bits per heavy atom. The summed E-state index contributed by atoms with van der Waals surface area (Å²) in [5, 5.41) is 26.8. The number of aromatic nitrogens is 2. The number of halogens is 1. The van der Waals surface area contributed by atoms with Crippen molar-refractivity contribution in [2.75, 3.05) is 45.9 Å². The lowest BCUT2D eigenvalue weighted by Crippen LogP contribution is -2.58. The number of nitrogens with one attached hydrogen (secondary N) is 2. The number of H-pyrrole nitrogens is 1. The molecule has 0 unspecified atom stereocenters. The summed E-state index contributed by atoms with van der Waals surface area (Å²) in [6.45, 7) is 14.1. The lowest BCUT2D eigenvalue weighted by molar-refractivity contribution is -0.128. The molecule has 0 saturated carbocycles. The third kappa shape index (κ3) is 10.8. The highest BCUT2D eigenvalue weighted by atomic mass is 32.2. The first kappa shape index (κ1) is 44.5. The molecule has 2 aliphatic heterocycles. The number of piperidine rings is 1. The molecule has 2 aliphatic rings. The molecular weight excluding hydrogens is 818 g/mol. The second kappa shape index (κ2) is 18.7. The number of thiazole rings is 2. The number of ether oxygens (including phenoxy) is 1. The first-order valence-corrected chi connectivity index (χ1v) is 22.7. The van der Waals surface area contributed by atoms with Crippen LogP contribution in [-0.2, 0) is 27.8 Å². The van der Waals surface area contributed by atoms with Gasteiger partial charge in [-0.05, 0) is 81.0 Å². The number of morpholine rings is 1. The van der Waals surface area contributed by atoms with Gasteiger partial charge in [-0.2, -0.15) is 8.42 Å². The molecule has 318 valence electrons. The Morgan fingerprint density at radius 2 is 1.80 bits per heavy atom. The molecule has 2 saturated heterocycles. The van der Waals surface area contributed by atoms with Crippen LogP contribution in [-0.4, -0.2) is 100 Å². The number of amides is 1. The molecule has 1 amide bonds. The summed E-state index contributed by atoms with van der Waals surface area (Å²) in [5.41, 5.74) is 4.85. The molecule has 4 heterocycles. The van der Waals surface area contributed by atoms with E-state index in [4.69, 9.17) is 9.29 Å². The van der Waals surface area contributed by atoms with Crippen LogP contribution in [0.25, 0.3) is 10.2 Å². The van der Waals surface area contributed by atoms with E-state index in [1.807, 2.05) is 29.3 Å². The Bertz CT molecular complexity index is 2430. The predicted molar refractivity (Wildman–Crippen MR) is 228 cm³/mol. The molecular formula is C42H52FN5O8S3. The van der Waals surface area contributed by atoms with Gasteiger partial charge < -0.3 is 30.2 Å². The van der Waals surface area contributed by atoms with Gasteiger partial charge in [0.25, 0.3) is 16.0 Å². The van der Waals surface area contributed by atoms with E-state index in [9.17, 15) is 32.6 Å². The van der Waals surface area contributed by atoms with Crippen LogP contribution < -0.4 is 10.2 Å². The quantitative estimate of drug-likeness (QED) is 0.0748. The molecule has 1 atom stereocenters. The number of phenols is 1. The number of benzene rings is 3. The molecule has 3 aromatic carbocycles. The smallest absolute Gasteiger partial charge is 0.305 e. The second-order valence-electron chi connectivity index (χ2n) is 15.8. The van der Waals surface area contributed by atoms with Crippen LogP contribution in [0.2, 0.25) is 0 Å². The molecule has 17 heteroatoms. The van der Waals surface area contributed by atoms with Gasteiger partial charge >= 0.3 is 4.87 Å². The maximum Gasteiger partial charge on any atom is 0.305 e. The van der Waals surface area contributed by atoms with Gasteiger partial charge in [0.2, 0.25) is 0 Å². The number of nitrogens with zero attached hydrogens (tertiary/aromatic N) is 3. The molecule has 0 bridgehead atoms. The van der Waals surface area contributed by atoms with Crippen molar-refractivity contribution in [3.8, 4) is 5.75 Å². The number of aromatic hydroxyl groups is 1. The van der Waals surface area contributed by atoms with Gasteiger partial charge in [0, 0.05) is 49.6 Å². The van der Waals surface area contributed by atoms with E-state index >= 15 is 0 Å². The van der Waals surface area contributed by atoms with E-state index in [2.05, 4.69) is 34.0 Å². The van der Waals surface area contributed by atoms with E-state index in [1.165, 1.54) is 23.5 Å². The summed E-state index contributed by atoms with van der Waals surface area (Å²) in [6.07, 6.45) is 1.20. The fourth-order valence-corrected chi connectivity index (χ4v) is 10.5. The number of carbonyl (C=O) groups excluding carboxylic acids is 1. The summed E-state index contributed by atoms with van der Waals surface area (Å²) < 4.78 is 52.3. The number of hydrogen-bond donors (Lipinski definition) is 5. The predicted octanol–water partition coefficient (Wildman–Crippen LogP) is 6.25. The fraction of sp³-hybridized carbons (Fsp3) is 0.452. The highest BCUT2D eigenvalue weighted by Gasteiger charge is 2.41. The van der Waals surface area contributed by atoms with Crippen LogP contribution in [0, 0.1) is 26.6 Å². The van der Waals surface area contributed by atoms with E-state index in [0.717, 1.165) is 53.4 Å². The minimum atomic E-state index is -4.08. The van der Waals surface area contributed by atoms with Gasteiger partial charge in [0.1, 0.15) is 22.8 Å². The minimum absolute atomic E-state index is 0.0206. The Kier molecular flexibility index (Phi) is 14.1. The fourth-order valence-electron chi connectivity index (χ4n) is 7.88. The highest BCUT2D eigenvalue weighted by molar-refractivity contribution is 7.86. The summed E-state index contributed by atoms with van der Waals surface area (Å²) in [7, 11) is -4.08. The van der Waals surface area contributed by atoms with Gasteiger partial charge in [0.05, 0.1) is 39.5 Å². The van der Waals surface area contributed by atoms with Crippen LogP contribution in [0.1, 0.15) is 87.6 Å². The van der Waals surface area contributed by atoms with Crippen molar-refractivity contribution in [3.63, 3.8) is 0 Å². The Morgan fingerprint density at radius 1 is 1.08 bits per heavy atom. The Labute approximate surface area is 351 Å². The zero-order chi connectivity index (χ0) is 42.6. The zero-order valence-electron chi connectivity index (χ0n) is 33.9. The average Bonchev–Trinajstić information content (AvgIpc) is 3.83. The van der Waals surface area contributed by atoms with E-state index in [-0.39, 0.29) is 39.4 Å². The van der Waals surface area contributed by atoms with Crippen molar-refractivity contribution < 1.29 is 37.1 Å². The van der Waals surface area contributed by atoms with Crippen LogP contribution in [0.3, 0.4) is 0 Å². The Hall–Kier alpha value is -4.07. The SMILES string of the molecule is CC(C)c1nc(C(=O)N2CCOC3(CCN(Cc4ccc(F)c(CCNC[C@H](O)c5ccc(O)c6[nH]c(=O)sc56)c4)CC3)C2)cs1.Cc1cc(C)c(S(=O)(=O)O)c(C)c1. The van der Waals surface area contributed by atoms with Gasteiger partial charge in [-0.1, -0.05) is 61.1 Å². The maximum atomic E-state index is 14.7. The average molecular weight is 870 g/mol. The van der Waals surface area contributed by atoms with Crippen molar-refractivity contribution in [2.45, 2.75) is 82.9 Å². The number of aliphatic hydroxyl groups excluding tert-OH is 1. The normalized spacial score (nSPS) is 16.4. The Balaban J connectivity index is 0.000000385. The van der Waals surface area contributed by atoms with E-state index in [0.29, 0.717) is 83.3 Å². The number of aliphatic hydroxyl groups is 1. The number of hydrogen-bond acceptors (Lipinski definition) is 12. The number of rotatable bonds is 11. The number of aryl methyl sites for hydroxylation is 3. The monoisotopic (exact) mass is 869 g/mol. The second-order valence-corrected chi connectivity index (χ2v) is 19.0. The molecule has 2 fully saturated rings. The number of fused-ring (bicyclic) bond motifs is 1. The highest BCUT2D eigenvalue weighted by Crippen LogP contribution is 2.33. The third-order valence-corrected chi connectivity index (χ3v) is 14.0. The minimum Gasteiger partial charge on any atom is -0.506 e. The topological polar surface area (TPSA) is 185 Å². The summed E-state index contributed by atoms with van der Waals surface area (Å²) in [4.78, 5) is 36.1. The molecule has 5 aromatic rings. The largest absolute Gasteiger partial charge is 0.506 e. The van der Waals surface area contributed by atoms with E-state index < -0.39 is 16.2 Å². The number of phenolic OH excluding ortho intramolecular Hbond substituents is 1. The zero-order valence-corrected chi connectivity index (χ0v) is 36.3. The molecule has 59 heavy (non-hydrogen) atoms. The summed E-state index contributed by atoms with van der Waals surface area (Å²) in [6, 6.07) is 11.8. The standard InChI is InChI=1S/C33H40FN5O5S2.C9H12O3S/c1-20(2)30-36-25(18-45-30)31(42)39-13-14-44-33(19-39)8-11-38(12-9-33)17-21-3-5-24(34)22(15-21)7-10-35-16-27(41)23-4-6-26(40)28-29(23)46-32(43)37-28;1-6-4-7(2)9(8(3)5-6)13(10,11)12/h3-6,15,18,20,27,35,40-41H,7-14,16-17,19H2,1-2H3,(H,37,43);4-5H,1-3H3,(H,10,11,12)/t27-;/m0./s1. The van der Waals surface area contributed by atoms with Gasteiger partial charge in [-0.25, -0.2) is 9.37 Å². The van der Waals surface area contributed by atoms with Gasteiger partial charge in [-0.3, -0.25) is 19.0 Å². The van der Waals surface area contributed by atoms with E-state index in [1.54, 1.807) is 32.0 Å². The van der Waals surface area contributed by atoms with Crippen molar-refractivity contribution in [2.24, 2.45) is 0 Å². The lowest BCUT2D eigenvalue weighted by atomic mass is 9.89. The molecule has 0 aliphatic carbocycles. The summed E-state index contributed by atoms with van der Waals surface area (Å²) in [5.74, 6) is -0.0234. The molecule has 2 aromatic heterocycles. The maximum absolute atomic E-state index is 14.7. The van der Waals surface area contributed by atoms with Crippen LogP contribution in [0.4, 0.5) is 4.39 Å². The molecule has 5 N–H and O–H groups in total. The number of likely N-dealkylation sites (tertiary alicyclic amines) is 1. The van der Waals surface area contributed by atoms with Crippen molar-refractivity contribution in [1.29, 1.82) is 0 Å². The van der Waals surface area contributed by atoms with Crippen molar-refractivity contribution >= 4 is 48.9 Å². The molecule has 0 radical (unpaired) electrons. The molecule has 13 nitrogen and oxygen atoms in total. The van der Waals surface area contributed by atoms with Crippen molar-refractivity contribution in [1.82, 2.24) is 25.1 Å². The van der Waals surface area contributed by atoms with Gasteiger partial charge in [0.15, 0.2) is 0 Å². The molecule has 1 spiro atoms. The number of aromatic amines is 1. The van der Waals surface area contributed by atoms with Crippen LogP contribution in [0.15, 0.2) is 57.5 Å². The molecule has 7 rings (SSSR count). The first-order chi connectivity index (χ1) is 27.9. The summed E-state index contributed by atoms with van der Waals surface area (Å²) >= 11 is 2.48. The first-order valence-electron chi connectivity index (χ1n) is 19.6. The number of carbonyl (C=O) groups is 1. The van der Waals surface area contributed by atoms with Crippen LogP contribution >= 0.6 is 22.7 Å².